The first kappa shape index (κ1) is 17.2. The summed E-state index contributed by atoms with van der Waals surface area (Å²) in [6.45, 7) is 4.04. The van der Waals surface area contributed by atoms with Crippen molar-refractivity contribution in [1.82, 2.24) is 9.78 Å². The molecule has 4 nitrogen and oxygen atoms in total. The molecule has 3 aromatic rings. The highest BCUT2D eigenvalue weighted by Gasteiger charge is 2.30. The number of carbonyl (C=O) groups is 1. The van der Waals surface area contributed by atoms with Gasteiger partial charge in [0, 0.05) is 10.6 Å². The van der Waals surface area contributed by atoms with Crippen LogP contribution in [-0.4, -0.2) is 21.4 Å². The van der Waals surface area contributed by atoms with Crippen molar-refractivity contribution < 1.29 is 4.79 Å². The molecule has 26 heavy (non-hydrogen) atoms. The van der Waals surface area contributed by atoms with Crippen LogP contribution in [0.2, 0.25) is 5.02 Å². The van der Waals surface area contributed by atoms with E-state index in [2.05, 4.69) is 5.32 Å². The Morgan fingerprint density at radius 1 is 1.12 bits per heavy atom. The fourth-order valence-electron chi connectivity index (χ4n) is 3.16. The molecule has 1 unspecified atom stereocenters. The molecule has 0 aliphatic carbocycles. The van der Waals surface area contributed by atoms with E-state index in [0.29, 0.717) is 10.8 Å². The second-order valence-electron chi connectivity index (χ2n) is 6.39. The molecule has 2 heterocycles. The van der Waals surface area contributed by atoms with Gasteiger partial charge in [0.2, 0.25) is 5.91 Å². The second-order valence-corrected chi connectivity index (χ2v) is 7.92. The number of benzene rings is 2. The number of halogens is 1. The van der Waals surface area contributed by atoms with Gasteiger partial charge in [-0.2, -0.15) is 5.10 Å². The van der Waals surface area contributed by atoms with Crippen LogP contribution in [0.15, 0.2) is 48.5 Å². The van der Waals surface area contributed by atoms with Gasteiger partial charge in [0.05, 0.1) is 22.4 Å². The standard InChI is InChI=1S/C20H18ClN3OS/c1-12-3-9-16(10-4-12)24-20-18(13(2)23-24)19(26-11-17(25)22-20)14-5-7-15(21)8-6-14/h3-10,19H,11H2,1-2H3,(H,22,25). The molecule has 2 aromatic carbocycles. The Bertz CT molecular complexity index is 964. The molecule has 0 radical (unpaired) electrons. The fourth-order valence-corrected chi connectivity index (χ4v) is 4.47. The predicted octanol–water partition coefficient (Wildman–Crippen LogP) is 4.92. The maximum absolute atomic E-state index is 12.3. The van der Waals surface area contributed by atoms with E-state index < -0.39 is 0 Å². The molecule has 1 atom stereocenters. The van der Waals surface area contributed by atoms with Crippen LogP contribution in [0.1, 0.15) is 27.6 Å². The maximum Gasteiger partial charge on any atom is 0.235 e. The monoisotopic (exact) mass is 383 g/mol. The molecule has 1 N–H and O–H groups in total. The third-order valence-corrected chi connectivity index (χ3v) is 5.98. The predicted molar refractivity (Wildman–Crippen MR) is 107 cm³/mol. The molecular weight excluding hydrogens is 366 g/mol. The minimum atomic E-state index is -0.0130. The maximum atomic E-state index is 12.3. The third-order valence-electron chi connectivity index (χ3n) is 4.46. The van der Waals surface area contributed by atoms with Crippen molar-refractivity contribution in [3.63, 3.8) is 0 Å². The van der Waals surface area contributed by atoms with Gasteiger partial charge in [-0.05, 0) is 43.7 Å². The summed E-state index contributed by atoms with van der Waals surface area (Å²) in [7, 11) is 0. The van der Waals surface area contributed by atoms with Crippen LogP contribution >= 0.6 is 23.4 Å². The number of anilines is 1. The van der Waals surface area contributed by atoms with Gasteiger partial charge in [0.25, 0.3) is 0 Å². The summed E-state index contributed by atoms with van der Waals surface area (Å²) >= 11 is 7.66. The van der Waals surface area contributed by atoms with E-state index in [1.165, 1.54) is 5.56 Å². The average molecular weight is 384 g/mol. The van der Waals surface area contributed by atoms with E-state index in [9.17, 15) is 4.79 Å². The summed E-state index contributed by atoms with van der Waals surface area (Å²) in [6, 6.07) is 15.9. The Labute approximate surface area is 161 Å². The van der Waals surface area contributed by atoms with Crippen molar-refractivity contribution in [3.05, 3.63) is 75.9 Å². The second kappa shape index (κ2) is 6.82. The molecule has 0 fully saturated rings. The van der Waals surface area contributed by atoms with E-state index in [4.69, 9.17) is 16.7 Å². The zero-order valence-electron chi connectivity index (χ0n) is 14.5. The van der Waals surface area contributed by atoms with E-state index >= 15 is 0 Å². The molecule has 0 bridgehead atoms. The normalized spacial score (nSPS) is 16.7. The Balaban J connectivity index is 1.87. The summed E-state index contributed by atoms with van der Waals surface area (Å²) in [5.41, 5.74) is 5.19. The van der Waals surface area contributed by atoms with Gasteiger partial charge in [-0.15, -0.1) is 11.8 Å². The van der Waals surface area contributed by atoms with Crippen molar-refractivity contribution in [1.29, 1.82) is 0 Å². The number of hydrogen-bond donors (Lipinski definition) is 1. The quantitative estimate of drug-likeness (QED) is 0.683. The van der Waals surface area contributed by atoms with Crippen LogP contribution < -0.4 is 5.32 Å². The van der Waals surface area contributed by atoms with Gasteiger partial charge in [-0.1, -0.05) is 41.4 Å². The molecule has 4 rings (SSSR count). The summed E-state index contributed by atoms with van der Waals surface area (Å²) in [5, 5.41) is 8.51. The van der Waals surface area contributed by atoms with Crippen LogP contribution in [0, 0.1) is 13.8 Å². The topological polar surface area (TPSA) is 46.9 Å². The summed E-state index contributed by atoms with van der Waals surface area (Å²) in [4.78, 5) is 12.3. The molecule has 1 aliphatic heterocycles. The number of rotatable bonds is 2. The Hall–Kier alpha value is -2.24. The van der Waals surface area contributed by atoms with Gasteiger partial charge in [0.1, 0.15) is 5.82 Å². The number of aryl methyl sites for hydroxylation is 2. The van der Waals surface area contributed by atoms with Gasteiger partial charge in [-0.3, -0.25) is 4.79 Å². The lowest BCUT2D eigenvalue weighted by atomic mass is 10.0. The zero-order valence-corrected chi connectivity index (χ0v) is 16.1. The smallest absolute Gasteiger partial charge is 0.235 e. The first-order chi connectivity index (χ1) is 12.5. The van der Waals surface area contributed by atoms with Crippen molar-refractivity contribution >= 4 is 35.1 Å². The lowest BCUT2D eigenvalue weighted by Crippen LogP contribution is -2.15. The van der Waals surface area contributed by atoms with E-state index in [1.54, 1.807) is 11.8 Å². The average Bonchev–Trinajstić information content (AvgIpc) is 2.83. The number of carbonyl (C=O) groups excluding carboxylic acids is 1. The van der Waals surface area contributed by atoms with Crippen molar-refractivity contribution in [2.24, 2.45) is 0 Å². The molecule has 1 amide bonds. The van der Waals surface area contributed by atoms with Gasteiger partial charge in [0.15, 0.2) is 0 Å². The van der Waals surface area contributed by atoms with Crippen molar-refractivity contribution in [2.45, 2.75) is 19.1 Å². The van der Waals surface area contributed by atoms with Gasteiger partial charge < -0.3 is 5.32 Å². The molecule has 1 aliphatic rings. The molecular formula is C20H18ClN3OS. The number of thioether (sulfide) groups is 1. The third kappa shape index (κ3) is 3.13. The first-order valence-electron chi connectivity index (χ1n) is 8.36. The lowest BCUT2D eigenvalue weighted by Gasteiger charge is -2.15. The van der Waals surface area contributed by atoms with Crippen molar-refractivity contribution in [3.8, 4) is 5.69 Å². The van der Waals surface area contributed by atoms with E-state index in [0.717, 1.165) is 28.3 Å². The highest BCUT2D eigenvalue weighted by atomic mass is 35.5. The molecule has 132 valence electrons. The first-order valence-corrected chi connectivity index (χ1v) is 9.79. The Morgan fingerprint density at radius 2 is 1.81 bits per heavy atom. The van der Waals surface area contributed by atoms with E-state index in [1.807, 2.05) is 67.1 Å². The lowest BCUT2D eigenvalue weighted by molar-refractivity contribution is -0.113. The molecule has 0 spiro atoms. The summed E-state index contributed by atoms with van der Waals surface area (Å²) in [6.07, 6.45) is 0. The van der Waals surface area contributed by atoms with Crippen LogP contribution in [-0.2, 0) is 4.79 Å². The Kier molecular flexibility index (Phi) is 4.51. The summed E-state index contributed by atoms with van der Waals surface area (Å²) in [5.74, 6) is 1.14. The van der Waals surface area contributed by atoms with Gasteiger partial charge >= 0.3 is 0 Å². The molecule has 1 aromatic heterocycles. The Morgan fingerprint density at radius 3 is 2.50 bits per heavy atom. The van der Waals surface area contributed by atoms with Crippen LogP contribution in [0.4, 0.5) is 5.82 Å². The largest absolute Gasteiger partial charge is 0.310 e. The van der Waals surface area contributed by atoms with Crippen LogP contribution in [0.5, 0.6) is 0 Å². The van der Waals surface area contributed by atoms with Gasteiger partial charge in [-0.25, -0.2) is 4.68 Å². The number of hydrogen-bond acceptors (Lipinski definition) is 3. The molecule has 0 saturated heterocycles. The van der Waals surface area contributed by atoms with Crippen LogP contribution in [0.25, 0.3) is 5.69 Å². The zero-order chi connectivity index (χ0) is 18.3. The van der Waals surface area contributed by atoms with E-state index in [-0.39, 0.29) is 11.2 Å². The van der Waals surface area contributed by atoms with Crippen molar-refractivity contribution in [2.75, 3.05) is 11.1 Å². The molecule has 0 saturated carbocycles. The number of nitrogens with one attached hydrogen (secondary N) is 1. The summed E-state index contributed by atoms with van der Waals surface area (Å²) < 4.78 is 1.83. The number of nitrogens with zero attached hydrogens (tertiary/aromatic N) is 2. The highest BCUT2D eigenvalue weighted by molar-refractivity contribution is 8.00. The minimum absolute atomic E-state index is 0.0130. The molecule has 6 heteroatoms. The highest BCUT2D eigenvalue weighted by Crippen LogP contribution is 2.43. The number of amides is 1. The van der Waals surface area contributed by atoms with Crippen LogP contribution in [0.3, 0.4) is 0 Å². The fraction of sp³-hybridized carbons (Fsp3) is 0.200. The number of aromatic nitrogens is 2. The SMILES string of the molecule is Cc1ccc(-n2nc(C)c3c2NC(=O)CSC3c2ccc(Cl)cc2)cc1. The number of fused-ring (bicyclic) bond motifs is 1. The minimum Gasteiger partial charge on any atom is -0.310 e.